The van der Waals surface area contributed by atoms with E-state index in [4.69, 9.17) is 9.47 Å². The minimum absolute atomic E-state index is 0.460. The first-order valence-corrected chi connectivity index (χ1v) is 9.42. The molecule has 0 saturated carbocycles. The number of benzene rings is 1. The summed E-state index contributed by atoms with van der Waals surface area (Å²) in [6.45, 7) is 10.6. The van der Waals surface area contributed by atoms with Crippen molar-refractivity contribution in [2.24, 2.45) is 0 Å². The number of rotatable bonds is 10. The molecule has 1 aromatic rings. The summed E-state index contributed by atoms with van der Waals surface area (Å²) < 4.78 is 12.6. The lowest BCUT2D eigenvalue weighted by atomic mass is 10.2. The van der Waals surface area contributed by atoms with Gasteiger partial charge in [-0.05, 0) is 46.3 Å². The lowest BCUT2D eigenvalue weighted by Crippen LogP contribution is -2.21. The van der Waals surface area contributed by atoms with Crippen molar-refractivity contribution in [2.75, 3.05) is 24.7 Å². The van der Waals surface area contributed by atoms with E-state index >= 15 is 0 Å². The second-order valence-electron chi connectivity index (χ2n) is 4.92. The zero-order valence-corrected chi connectivity index (χ0v) is 15.8. The first-order valence-electron chi connectivity index (χ1n) is 7.47. The van der Waals surface area contributed by atoms with Gasteiger partial charge in [0.1, 0.15) is 0 Å². The fourth-order valence-electron chi connectivity index (χ4n) is 1.80. The van der Waals surface area contributed by atoms with Crippen molar-refractivity contribution in [2.45, 2.75) is 40.3 Å². The van der Waals surface area contributed by atoms with Crippen LogP contribution in [0.1, 0.15) is 33.3 Å². The lowest BCUT2D eigenvalue weighted by Gasteiger charge is -2.16. The van der Waals surface area contributed by atoms with Gasteiger partial charge >= 0.3 is 0 Å². The topological polar surface area (TPSA) is 30.5 Å². The molecule has 0 unspecified atom stereocenters. The third-order valence-corrected chi connectivity index (χ3v) is 4.21. The Morgan fingerprint density at radius 1 is 1.24 bits per heavy atom. The molecule has 0 aromatic heterocycles. The fourth-order valence-corrected chi connectivity index (χ4v) is 2.89. The van der Waals surface area contributed by atoms with Crippen LogP contribution in [0.2, 0.25) is 0 Å². The largest absolute Gasteiger partial charge is 0.490 e. The Hall–Kier alpha value is -0.390. The molecule has 0 aliphatic rings. The summed E-state index contributed by atoms with van der Waals surface area (Å²) in [6.07, 6.45) is 0. The smallest absolute Gasteiger partial charge is 0.175 e. The maximum atomic E-state index is 5.89. The lowest BCUT2D eigenvalue weighted by molar-refractivity contribution is 0.287. The Morgan fingerprint density at radius 3 is 2.62 bits per heavy atom. The molecule has 5 heteroatoms. The maximum Gasteiger partial charge on any atom is 0.175 e. The Bertz CT molecular complexity index is 427. The molecule has 21 heavy (non-hydrogen) atoms. The molecule has 0 aliphatic heterocycles. The third kappa shape index (κ3) is 6.94. The van der Waals surface area contributed by atoms with Crippen LogP contribution in [-0.4, -0.2) is 30.8 Å². The molecule has 0 bridgehead atoms. The predicted molar refractivity (Wildman–Crippen MR) is 95.8 cm³/mol. The number of nitrogens with one attached hydrogen (secondary N) is 1. The van der Waals surface area contributed by atoms with Crippen LogP contribution in [0.5, 0.6) is 11.5 Å². The SMILES string of the molecule is CCOc1cc(CNC(C)C)cc(Br)c1OCCSCC. The highest BCUT2D eigenvalue weighted by atomic mass is 79.9. The van der Waals surface area contributed by atoms with Crippen LogP contribution in [-0.2, 0) is 6.54 Å². The van der Waals surface area contributed by atoms with Crippen molar-refractivity contribution in [3.05, 3.63) is 22.2 Å². The monoisotopic (exact) mass is 375 g/mol. The van der Waals surface area contributed by atoms with Gasteiger partial charge in [-0.2, -0.15) is 11.8 Å². The first-order chi connectivity index (χ1) is 10.1. The average Bonchev–Trinajstić information content (AvgIpc) is 2.43. The van der Waals surface area contributed by atoms with Crippen LogP contribution in [0.3, 0.4) is 0 Å². The van der Waals surface area contributed by atoms with Gasteiger partial charge in [0.25, 0.3) is 0 Å². The summed E-state index contributed by atoms with van der Waals surface area (Å²) in [5, 5.41) is 3.42. The van der Waals surface area contributed by atoms with E-state index in [2.05, 4.69) is 54.2 Å². The van der Waals surface area contributed by atoms with E-state index in [9.17, 15) is 0 Å². The molecule has 0 heterocycles. The molecule has 1 aromatic carbocycles. The molecular formula is C16H26BrNO2S. The number of halogens is 1. The Morgan fingerprint density at radius 2 is 2.00 bits per heavy atom. The summed E-state index contributed by atoms with van der Waals surface area (Å²) in [5.74, 6) is 3.73. The van der Waals surface area contributed by atoms with Crippen molar-refractivity contribution in [3.8, 4) is 11.5 Å². The molecule has 0 amide bonds. The standard InChI is InChI=1S/C16H26BrNO2S/c1-5-19-15-10-13(11-18-12(3)4)9-14(17)16(15)20-7-8-21-6-2/h9-10,12,18H,5-8,11H2,1-4H3. The van der Waals surface area contributed by atoms with Gasteiger partial charge in [0, 0.05) is 18.3 Å². The van der Waals surface area contributed by atoms with Crippen LogP contribution in [0.15, 0.2) is 16.6 Å². The molecule has 0 fully saturated rings. The zero-order chi connectivity index (χ0) is 15.7. The van der Waals surface area contributed by atoms with Crippen molar-refractivity contribution < 1.29 is 9.47 Å². The highest BCUT2D eigenvalue weighted by Gasteiger charge is 2.12. The summed E-state index contributed by atoms with van der Waals surface area (Å²) in [7, 11) is 0. The highest BCUT2D eigenvalue weighted by Crippen LogP contribution is 2.37. The second-order valence-corrected chi connectivity index (χ2v) is 7.17. The van der Waals surface area contributed by atoms with Crippen molar-refractivity contribution in [1.82, 2.24) is 5.32 Å². The van der Waals surface area contributed by atoms with Gasteiger partial charge in [0.05, 0.1) is 17.7 Å². The van der Waals surface area contributed by atoms with Gasteiger partial charge in [-0.1, -0.05) is 20.8 Å². The molecule has 3 nitrogen and oxygen atoms in total. The Kier molecular flexibility index (Phi) is 9.20. The predicted octanol–water partition coefficient (Wildman–Crippen LogP) is 4.48. The van der Waals surface area contributed by atoms with Gasteiger partial charge in [-0.15, -0.1) is 0 Å². The fraction of sp³-hybridized carbons (Fsp3) is 0.625. The second kappa shape index (κ2) is 10.4. The molecule has 1 rings (SSSR count). The van der Waals surface area contributed by atoms with Gasteiger partial charge in [0.2, 0.25) is 0 Å². The Balaban J connectivity index is 2.80. The van der Waals surface area contributed by atoms with Crippen molar-refractivity contribution in [3.63, 3.8) is 0 Å². The normalized spacial score (nSPS) is 11.0. The van der Waals surface area contributed by atoms with Gasteiger partial charge < -0.3 is 14.8 Å². The van der Waals surface area contributed by atoms with Gasteiger partial charge in [0.15, 0.2) is 11.5 Å². The molecule has 0 atom stereocenters. The number of ether oxygens (including phenoxy) is 2. The first kappa shape index (κ1) is 18.7. The molecule has 0 radical (unpaired) electrons. The third-order valence-electron chi connectivity index (χ3n) is 2.76. The number of hydrogen-bond donors (Lipinski definition) is 1. The van der Waals surface area contributed by atoms with E-state index in [1.807, 2.05) is 18.7 Å². The van der Waals surface area contributed by atoms with Crippen LogP contribution in [0.25, 0.3) is 0 Å². The van der Waals surface area contributed by atoms with E-state index in [0.29, 0.717) is 19.3 Å². The molecular weight excluding hydrogens is 350 g/mol. The Labute approximate surface area is 141 Å². The van der Waals surface area contributed by atoms with E-state index in [-0.39, 0.29) is 0 Å². The van der Waals surface area contributed by atoms with E-state index in [1.165, 1.54) is 5.56 Å². The van der Waals surface area contributed by atoms with Gasteiger partial charge in [-0.3, -0.25) is 0 Å². The van der Waals surface area contributed by atoms with Crippen molar-refractivity contribution >= 4 is 27.7 Å². The minimum Gasteiger partial charge on any atom is -0.490 e. The van der Waals surface area contributed by atoms with Crippen molar-refractivity contribution in [1.29, 1.82) is 0 Å². The maximum absolute atomic E-state index is 5.89. The number of thioether (sulfide) groups is 1. The minimum atomic E-state index is 0.460. The average molecular weight is 376 g/mol. The molecule has 1 N–H and O–H groups in total. The highest BCUT2D eigenvalue weighted by molar-refractivity contribution is 9.10. The molecule has 0 saturated heterocycles. The summed E-state index contributed by atoms with van der Waals surface area (Å²) in [6, 6.07) is 4.62. The summed E-state index contributed by atoms with van der Waals surface area (Å²) in [5.41, 5.74) is 1.19. The molecule has 120 valence electrons. The van der Waals surface area contributed by atoms with E-state index in [1.54, 1.807) is 0 Å². The van der Waals surface area contributed by atoms with Crippen LogP contribution in [0.4, 0.5) is 0 Å². The zero-order valence-electron chi connectivity index (χ0n) is 13.4. The summed E-state index contributed by atoms with van der Waals surface area (Å²) in [4.78, 5) is 0. The van der Waals surface area contributed by atoms with Crippen LogP contribution < -0.4 is 14.8 Å². The van der Waals surface area contributed by atoms with E-state index in [0.717, 1.165) is 34.0 Å². The quantitative estimate of drug-likeness (QED) is 0.610. The van der Waals surface area contributed by atoms with Crippen LogP contribution in [0, 0.1) is 0 Å². The molecule has 0 spiro atoms. The van der Waals surface area contributed by atoms with Gasteiger partial charge in [-0.25, -0.2) is 0 Å². The number of hydrogen-bond acceptors (Lipinski definition) is 4. The van der Waals surface area contributed by atoms with Crippen LogP contribution >= 0.6 is 27.7 Å². The van der Waals surface area contributed by atoms with E-state index < -0.39 is 0 Å². The summed E-state index contributed by atoms with van der Waals surface area (Å²) >= 11 is 5.48. The molecule has 0 aliphatic carbocycles.